The normalized spacial score (nSPS) is 16.1. The molecule has 0 bridgehead atoms. The number of fused-ring (bicyclic) bond motifs is 1. The van der Waals surface area contributed by atoms with Gasteiger partial charge in [-0.25, -0.2) is 18.4 Å². The largest absolute Gasteiger partial charge is 0.352 e. The molecule has 0 aliphatic carbocycles. The molecular formula is C18H22N6O2S. The van der Waals surface area contributed by atoms with E-state index in [9.17, 15) is 8.42 Å². The van der Waals surface area contributed by atoms with Crippen LogP contribution in [0.15, 0.2) is 36.7 Å². The second-order valence-corrected chi connectivity index (χ2v) is 8.70. The predicted octanol–water partition coefficient (Wildman–Crippen LogP) is 1.32. The van der Waals surface area contributed by atoms with Crippen LogP contribution in [0.2, 0.25) is 0 Å². The van der Waals surface area contributed by atoms with Crippen molar-refractivity contribution >= 4 is 26.9 Å². The van der Waals surface area contributed by atoms with Crippen LogP contribution in [-0.4, -0.2) is 58.7 Å². The number of aryl methyl sites for hydroxylation is 2. The number of anilines is 1. The highest BCUT2D eigenvalue weighted by molar-refractivity contribution is 7.88. The average Bonchev–Trinajstić information content (AvgIpc) is 2.97. The third-order valence-corrected chi connectivity index (χ3v) is 6.74. The molecule has 0 atom stereocenters. The molecule has 0 unspecified atom stereocenters. The lowest BCUT2D eigenvalue weighted by atomic mass is 10.2. The Morgan fingerprint density at radius 2 is 1.74 bits per heavy atom. The van der Waals surface area contributed by atoms with Crippen LogP contribution < -0.4 is 4.90 Å². The van der Waals surface area contributed by atoms with Crippen molar-refractivity contribution in [1.29, 1.82) is 0 Å². The first kappa shape index (κ1) is 17.9. The quantitative estimate of drug-likeness (QED) is 0.672. The lowest BCUT2D eigenvalue weighted by Crippen LogP contribution is -2.49. The molecule has 1 aliphatic heterocycles. The molecule has 2 aromatic heterocycles. The van der Waals surface area contributed by atoms with Gasteiger partial charge in [0.2, 0.25) is 10.0 Å². The predicted molar refractivity (Wildman–Crippen MR) is 104 cm³/mol. The third kappa shape index (κ3) is 3.40. The fourth-order valence-electron chi connectivity index (χ4n) is 3.54. The van der Waals surface area contributed by atoms with E-state index < -0.39 is 10.0 Å². The SMILES string of the molecule is Cc1nn(C)c2c(N3CCN(S(=O)(=O)Cc4ccccc4)CC3)ncnc12. The minimum Gasteiger partial charge on any atom is -0.352 e. The van der Waals surface area contributed by atoms with Crippen LogP contribution in [0, 0.1) is 6.92 Å². The zero-order valence-electron chi connectivity index (χ0n) is 15.4. The van der Waals surface area contributed by atoms with Crippen molar-refractivity contribution in [3.05, 3.63) is 47.9 Å². The number of nitrogens with zero attached hydrogens (tertiary/aromatic N) is 6. The Balaban J connectivity index is 1.51. The van der Waals surface area contributed by atoms with Gasteiger partial charge >= 0.3 is 0 Å². The van der Waals surface area contributed by atoms with E-state index in [1.54, 1.807) is 15.3 Å². The topological polar surface area (TPSA) is 84.2 Å². The number of aromatic nitrogens is 4. The Morgan fingerprint density at radius 3 is 2.44 bits per heavy atom. The number of benzene rings is 1. The van der Waals surface area contributed by atoms with Crippen LogP contribution in [0.25, 0.3) is 11.0 Å². The molecule has 4 rings (SSSR count). The third-order valence-electron chi connectivity index (χ3n) is 4.89. The summed E-state index contributed by atoms with van der Waals surface area (Å²) >= 11 is 0. The van der Waals surface area contributed by atoms with Crippen LogP contribution in [0.1, 0.15) is 11.3 Å². The van der Waals surface area contributed by atoms with Crippen molar-refractivity contribution in [1.82, 2.24) is 24.1 Å². The molecule has 27 heavy (non-hydrogen) atoms. The summed E-state index contributed by atoms with van der Waals surface area (Å²) in [4.78, 5) is 10.9. The van der Waals surface area contributed by atoms with E-state index in [2.05, 4.69) is 20.0 Å². The molecule has 0 N–H and O–H groups in total. The van der Waals surface area contributed by atoms with Gasteiger partial charge in [0.1, 0.15) is 17.4 Å². The van der Waals surface area contributed by atoms with Gasteiger partial charge in [-0.05, 0) is 12.5 Å². The standard InChI is InChI=1S/C18H22N6O2S/c1-14-16-17(22(2)21-14)18(20-13-19-16)23-8-10-24(11-9-23)27(25,26)12-15-6-4-3-5-7-15/h3-7,13H,8-12H2,1-2H3. The molecule has 1 fully saturated rings. The summed E-state index contributed by atoms with van der Waals surface area (Å²) in [6.45, 7) is 3.98. The molecule has 3 aromatic rings. The second kappa shape index (κ2) is 6.90. The summed E-state index contributed by atoms with van der Waals surface area (Å²) in [5.74, 6) is 0.843. The minimum atomic E-state index is -3.33. The second-order valence-electron chi connectivity index (χ2n) is 6.73. The van der Waals surface area contributed by atoms with E-state index in [4.69, 9.17) is 0 Å². The highest BCUT2D eigenvalue weighted by Gasteiger charge is 2.29. The van der Waals surface area contributed by atoms with E-state index in [0.717, 1.165) is 28.1 Å². The number of hydrogen-bond acceptors (Lipinski definition) is 6. The minimum absolute atomic E-state index is 0.0342. The molecule has 0 saturated carbocycles. The lowest BCUT2D eigenvalue weighted by molar-refractivity contribution is 0.383. The molecule has 1 aromatic carbocycles. The first-order valence-corrected chi connectivity index (χ1v) is 10.5. The average molecular weight is 386 g/mol. The molecule has 1 saturated heterocycles. The molecule has 3 heterocycles. The number of sulfonamides is 1. The van der Waals surface area contributed by atoms with Crippen molar-refractivity contribution in [2.45, 2.75) is 12.7 Å². The van der Waals surface area contributed by atoms with Crippen LogP contribution in [0.5, 0.6) is 0 Å². The van der Waals surface area contributed by atoms with Gasteiger partial charge in [0.05, 0.1) is 11.4 Å². The van der Waals surface area contributed by atoms with E-state index in [1.807, 2.05) is 44.3 Å². The molecule has 9 heteroatoms. The summed E-state index contributed by atoms with van der Waals surface area (Å²) in [6.07, 6.45) is 1.55. The summed E-state index contributed by atoms with van der Waals surface area (Å²) < 4.78 is 28.8. The fraction of sp³-hybridized carbons (Fsp3) is 0.389. The zero-order valence-corrected chi connectivity index (χ0v) is 16.2. The molecule has 0 radical (unpaired) electrons. The maximum atomic E-state index is 12.7. The highest BCUT2D eigenvalue weighted by Crippen LogP contribution is 2.26. The molecular weight excluding hydrogens is 364 g/mol. The van der Waals surface area contributed by atoms with Gasteiger partial charge in [-0.2, -0.15) is 9.40 Å². The Morgan fingerprint density at radius 1 is 1.04 bits per heavy atom. The summed E-state index contributed by atoms with van der Waals surface area (Å²) in [6, 6.07) is 9.29. The van der Waals surface area contributed by atoms with Crippen molar-refractivity contribution in [2.24, 2.45) is 7.05 Å². The summed E-state index contributed by atoms with van der Waals surface area (Å²) in [5.41, 5.74) is 3.39. The molecule has 8 nitrogen and oxygen atoms in total. The van der Waals surface area contributed by atoms with Crippen molar-refractivity contribution in [3.63, 3.8) is 0 Å². The van der Waals surface area contributed by atoms with E-state index in [1.165, 1.54) is 0 Å². The van der Waals surface area contributed by atoms with Crippen molar-refractivity contribution in [3.8, 4) is 0 Å². The number of hydrogen-bond donors (Lipinski definition) is 0. The molecule has 142 valence electrons. The van der Waals surface area contributed by atoms with Crippen LogP contribution in [0.3, 0.4) is 0 Å². The van der Waals surface area contributed by atoms with Crippen LogP contribution in [-0.2, 0) is 22.8 Å². The lowest BCUT2D eigenvalue weighted by Gasteiger charge is -2.34. The van der Waals surface area contributed by atoms with Crippen LogP contribution >= 0.6 is 0 Å². The van der Waals surface area contributed by atoms with Crippen molar-refractivity contribution in [2.75, 3.05) is 31.1 Å². The first-order valence-electron chi connectivity index (χ1n) is 8.87. The van der Waals surface area contributed by atoms with Gasteiger partial charge in [-0.3, -0.25) is 4.68 Å². The van der Waals surface area contributed by atoms with Gasteiger partial charge in [0.15, 0.2) is 5.82 Å². The van der Waals surface area contributed by atoms with E-state index >= 15 is 0 Å². The Hall–Kier alpha value is -2.52. The van der Waals surface area contributed by atoms with Crippen molar-refractivity contribution < 1.29 is 8.42 Å². The van der Waals surface area contributed by atoms with E-state index in [-0.39, 0.29) is 5.75 Å². The van der Waals surface area contributed by atoms with Gasteiger partial charge in [-0.1, -0.05) is 30.3 Å². The van der Waals surface area contributed by atoms with Gasteiger partial charge in [0.25, 0.3) is 0 Å². The summed E-state index contributed by atoms with van der Waals surface area (Å²) in [7, 11) is -1.45. The number of piperazine rings is 1. The summed E-state index contributed by atoms with van der Waals surface area (Å²) in [5, 5.41) is 4.43. The Kier molecular flexibility index (Phi) is 4.56. The smallest absolute Gasteiger partial charge is 0.218 e. The molecule has 1 aliphatic rings. The first-order chi connectivity index (χ1) is 13.0. The molecule has 0 spiro atoms. The maximum Gasteiger partial charge on any atom is 0.218 e. The Labute approximate surface area is 158 Å². The van der Waals surface area contributed by atoms with Gasteiger partial charge in [0, 0.05) is 33.2 Å². The highest BCUT2D eigenvalue weighted by atomic mass is 32.2. The zero-order chi connectivity index (χ0) is 19.0. The fourth-order valence-corrected chi connectivity index (χ4v) is 5.06. The van der Waals surface area contributed by atoms with Gasteiger partial charge < -0.3 is 4.90 Å². The monoisotopic (exact) mass is 386 g/mol. The Bertz CT molecular complexity index is 1060. The number of rotatable bonds is 4. The molecule has 0 amide bonds. The van der Waals surface area contributed by atoms with E-state index in [0.29, 0.717) is 26.2 Å². The van der Waals surface area contributed by atoms with Crippen LogP contribution in [0.4, 0.5) is 5.82 Å². The maximum absolute atomic E-state index is 12.7. The van der Waals surface area contributed by atoms with Gasteiger partial charge in [-0.15, -0.1) is 0 Å².